The molecule has 2 aromatic rings. The number of hydrogen-bond acceptors (Lipinski definition) is 3. The molecule has 0 fully saturated rings. The lowest BCUT2D eigenvalue weighted by molar-refractivity contribution is -0.113. The zero-order chi connectivity index (χ0) is 15.2. The summed E-state index contributed by atoms with van der Waals surface area (Å²) in [7, 11) is 0. The first-order valence-corrected chi connectivity index (χ1v) is 8.31. The van der Waals surface area contributed by atoms with Crippen LogP contribution in [-0.2, 0) is 4.79 Å². The maximum Gasteiger partial charge on any atom is 0.234 e. The highest BCUT2D eigenvalue weighted by atomic mass is 32.2. The number of hydrogen-bond donors (Lipinski definition) is 1. The van der Waals surface area contributed by atoms with Crippen LogP contribution in [0.1, 0.15) is 0 Å². The standard InChI is InChI=1S/C15H13F2NOS2/c1-20-11-4-2-3-10(7-11)18-15(19)9-21-12-5-6-13(16)14(17)8-12/h2-8H,9H2,1H3,(H,18,19). The molecule has 0 radical (unpaired) electrons. The van der Waals surface area contributed by atoms with E-state index in [4.69, 9.17) is 0 Å². The van der Waals surface area contributed by atoms with E-state index < -0.39 is 11.6 Å². The summed E-state index contributed by atoms with van der Waals surface area (Å²) in [5.74, 6) is -1.86. The second-order valence-corrected chi connectivity index (χ2v) is 6.07. The van der Waals surface area contributed by atoms with Gasteiger partial charge in [-0.3, -0.25) is 4.79 Å². The number of halogens is 2. The van der Waals surface area contributed by atoms with Crippen LogP contribution in [0, 0.1) is 11.6 Å². The molecule has 1 amide bonds. The van der Waals surface area contributed by atoms with Gasteiger partial charge in [-0.2, -0.15) is 0 Å². The minimum atomic E-state index is -0.909. The minimum Gasteiger partial charge on any atom is -0.325 e. The molecule has 0 bridgehead atoms. The predicted molar refractivity (Wildman–Crippen MR) is 83.9 cm³/mol. The Morgan fingerprint density at radius 2 is 1.90 bits per heavy atom. The molecule has 21 heavy (non-hydrogen) atoms. The van der Waals surface area contributed by atoms with Gasteiger partial charge in [-0.25, -0.2) is 8.78 Å². The van der Waals surface area contributed by atoms with Crippen LogP contribution in [0.15, 0.2) is 52.3 Å². The summed E-state index contributed by atoms with van der Waals surface area (Å²) in [5, 5.41) is 2.77. The molecule has 6 heteroatoms. The monoisotopic (exact) mass is 325 g/mol. The highest BCUT2D eigenvalue weighted by molar-refractivity contribution is 8.00. The maximum atomic E-state index is 13.0. The second kappa shape index (κ2) is 7.47. The van der Waals surface area contributed by atoms with Crippen molar-refractivity contribution < 1.29 is 13.6 Å². The summed E-state index contributed by atoms with van der Waals surface area (Å²) in [6, 6.07) is 11.1. The molecule has 0 aliphatic heterocycles. The molecule has 2 aromatic carbocycles. The lowest BCUT2D eigenvalue weighted by atomic mass is 10.3. The number of carbonyl (C=O) groups excluding carboxylic acids is 1. The van der Waals surface area contributed by atoms with Crippen LogP contribution in [-0.4, -0.2) is 17.9 Å². The lowest BCUT2D eigenvalue weighted by Crippen LogP contribution is -2.13. The van der Waals surface area contributed by atoms with Crippen molar-refractivity contribution in [3.8, 4) is 0 Å². The number of thioether (sulfide) groups is 2. The number of amides is 1. The fourth-order valence-corrected chi connectivity index (χ4v) is 2.79. The Balaban J connectivity index is 1.90. The minimum absolute atomic E-state index is 0.133. The zero-order valence-electron chi connectivity index (χ0n) is 11.2. The molecule has 0 saturated heterocycles. The van der Waals surface area contributed by atoms with Gasteiger partial charge in [0.2, 0.25) is 5.91 Å². The van der Waals surface area contributed by atoms with Gasteiger partial charge in [0.25, 0.3) is 0 Å². The maximum absolute atomic E-state index is 13.0. The van der Waals surface area contributed by atoms with Crippen molar-refractivity contribution in [1.82, 2.24) is 0 Å². The molecule has 0 atom stereocenters. The average Bonchev–Trinajstić information content (AvgIpc) is 2.48. The summed E-state index contributed by atoms with van der Waals surface area (Å²) in [6.45, 7) is 0. The van der Waals surface area contributed by atoms with E-state index in [1.165, 1.54) is 6.07 Å². The van der Waals surface area contributed by atoms with Crippen molar-refractivity contribution in [1.29, 1.82) is 0 Å². The van der Waals surface area contributed by atoms with E-state index in [0.717, 1.165) is 34.5 Å². The average molecular weight is 325 g/mol. The van der Waals surface area contributed by atoms with Crippen LogP contribution in [0.5, 0.6) is 0 Å². The third-order valence-electron chi connectivity index (χ3n) is 2.61. The fraction of sp³-hybridized carbons (Fsp3) is 0.133. The van der Waals surface area contributed by atoms with E-state index >= 15 is 0 Å². The molecule has 2 nitrogen and oxygen atoms in total. The Labute approximate surface area is 130 Å². The number of carbonyl (C=O) groups is 1. The van der Waals surface area contributed by atoms with E-state index in [2.05, 4.69) is 5.32 Å². The summed E-state index contributed by atoms with van der Waals surface area (Å²) < 4.78 is 25.8. The van der Waals surface area contributed by atoms with Crippen LogP contribution in [0.4, 0.5) is 14.5 Å². The Bertz CT molecular complexity index is 649. The van der Waals surface area contributed by atoms with Crippen molar-refractivity contribution >= 4 is 35.1 Å². The fourth-order valence-electron chi connectivity index (χ4n) is 1.61. The van der Waals surface area contributed by atoms with Crippen LogP contribution in [0.2, 0.25) is 0 Å². The number of benzene rings is 2. The number of nitrogens with one attached hydrogen (secondary N) is 1. The molecule has 2 rings (SSSR count). The van der Waals surface area contributed by atoms with E-state index in [0.29, 0.717) is 4.90 Å². The van der Waals surface area contributed by atoms with Gasteiger partial charge in [-0.1, -0.05) is 6.07 Å². The number of anilines is 1. The molecule has 0 saturated carbocycles. The molecule has 0 aliphatic carbocycles. The summed E-state index contributed by atoms with van der Waals surface area (Å²) in [5.41, 5.74) is 0.720. The van der Waals surface area contributed by atoms with Gasteiger partial charge < -0.3 is 5.32 Å². The van der Waals surface area contributed by atoms with Crippen LogP contribution in [0.25, 0.3) is 0 Å². The van der Waals surface area contributed by atoms with Crippen molar-refractivity contribution in [2.24, 2.45) is 0 Å². The molecular formula is C15H13F2NOS2. The molecule has 0 heterocycles. The van der Waals surface area contributed by atoms with Crippen LogP contribution < -0.4 is 5.32 Å². The first-order chi connectivity index (χ1) is 10.1. The molecule has 0 aromatic heterocycles. The molecule has 0 spiro atoms. The summed E-state index contributed by atoms with van der Waals surface area (Å²) in [6.07, 6.45) is 1.96. The van der Waals surface area contributed by atoms with E-state index in [1.54, 1.807) is 17.8 Å². The van der Waals surface area contributed by atoms with Gasteiger partial charge in [-0.05, 0) is 42.7 Å². The van der Waals surface area contributed by atoms with Gasteiger partial charge in [-0.15, -0.1) is 23.5 Å². The summed E-state index contributed by atoms with van der Waals surface area (Å²) >= 11 is 2.75. The largest absolute Gasteiger partial charge is 0.325 e. The normalized spacial score (nSPS) is 10.4. The summed E-state index contributed by atoms with van der Waals surface area (Å²) in [4.78, 5) is 13.4. The Hall–Kier alpha value is -1.53. The molecule has 0 aliphatic rings. The van der Waals surface area contributed by atoms with Crippen molar-refractivity contribution in [3.63, 3.8) is 0 Å². The third kappa shape index (κ3) is 4.75. The Kier molecular flexibility index (Phi) is 5.64. The highest BCUT2D eigenvalue weighted by Gasteiger charge is 2.07. The zero-order valence-corrected chi connectivity index (χ0v) is 12.9. The van der Waals surface area contributed by atoms with Gasteiger partial charge in [0.05, 0.1) is 5.75 Å². The first kappa shape index (κ1) is 15.9. The second-order valence-electron chi connectivity index (χ2n) is 4.14. The van der Waals surface area contributed by atoms with Crippen molar-refractivity contribution in [2.45, 2.75) is 9.79 Å². The molecule has 1 N–H and O–H groups in total. The van der Waals surface area contributed by atoms with Gasteiger partial charge in [0.1, 0.15) is 0 Å². The van der Waals surface area contributed by atoms with E-state index in [9.17, 15) is 13.6 Å². The van der Waals surface area contributed by atoms with Crippen molar-refractivity contribution in [2.75, 3.05) is 17.3 Å². The Morgan fingerprint density at radius 1 is 1.10 bits per heavy atom. The van der Waals surface area contributed by atoms with Gasteiger partial charge in [0, 0.05) is 15.5 Å². The quantitative estimate of drug-likeness (QED) is 0.825. The smallest absolute Gasteiger partial charge is 0.234 e. The molecule has 110 valence electrons. The first-order valence-electron chi connectivity index (χ1n) is 6.10. The highest BCUT2D eigenvalue weighted by Crippen LogP contribution is 2.22. The lowest BCUT2D eigenvalue weighted by Gasteiger charge is -2.06. The SMILES string of the molecule is CSc1cccc(NC(=O)CSc2ccc(F)c(F)c2)c1. The van der Waals surface area contributed by atoms with E-state index in [1.807, 2.05) is 24.5 Å². The molecule has 0 unspecified atom stereocenters. The van der Waals surface area contributed by atoms with E-state index in [-0.39, 0.29) is 11.7 Å². The molecular weight excluding hydrogens is 312 g/mol. The van der Waals surface area contributed by atoms with Gasteiger partial charge >= 0.3 is 0 Å². The van der Waals surface area contributed by atoms with Crippen LogP contribution >= 0.6 is 23.5 Å². The number of rotatable bonds is 5. The topological polar surface area (TPSA) is 29.1 Å². The van der Waals surface area contributed by atoms with Crippen LogP contribution in [0.3, 0.4) is 0 Å². The third-order valence-corrected chi connectivity index (χ3v) is 4.33. The predicted octanol–water partition coefficient (Wildman–Crippen LogP) is 4.42. The van der Waals surface area contributed by atoms with Gasteiger partial charge in [0.15, 0.2) is 11.6 Å². The Morgan fingerprint density at radius 3 is 2.62 bits per heavy atom. The van der Waals surface area contributed by atoms with Crippen molar-refractivity contribution in [3.05, 3.63) is 54.1 Å².